The molecule has 0 aromatic carbocycles. The summed E-state index contributed by atoms with van der Waals surface area (Å²) in [6.45, 7) is 1.47. The van der Waals surface area contributed by atoms with Gasteiger partial charge in [0.1, 0.15) is 0 Å². The maximum absolute atomic E-state index is 10.7. The molecule has 1 aliphatic rings. The van der Waals surface area contributed by atoms with E-state index in [9.17, 15) is 4.79 Å². The van der Waals surface area contributed by atoms with E-state index in [1.807, 2.05) is 12.2 Å². The van der Waals surface area contributed by atoms with Crippen LogP contribution in [0.3, 0.4) is 0 Å². The molecule has 1 amide bonds. The lowest BCUT2D eigenvalue weighted by Crippen LogP contribution is -2.17. The van der Waals surface area contributed by atoms with Crippen LogP contribution in [0.2, 0.25) is 0 Å². The van der Waals surface area contributed by atoms with Crippen molar-refractivity contribution in [2.24, 2.45) is 0 Å². The quantitative estimate of drug-likeness (QED) is 0.683. The number of hydrogen-bond donors (Lipinski definition) is 1. The van der Waals surface area contributed by atoms with Crippen molar-refractivity contribution in [2.45, 2.75) is 6.92 Å². The zero-order chi connectivity index (χ0) is 9.68. The molecule has 0 fully saturated rings. The predicted molar refractivity (Wildman–Crippen MR) is 54.1 cm³/mol. The van der Waals surface area contributed by atoms with Crippen molar-refractivity contribution in [3.05, 3.63) is 47.2 Å². The minimum atomic E-state index is -0.0926. The first-order valence-corrected chi connectivity index (χ1v) is 4.26. The Labute approximate surface area is 82.3 Å². The summed E-state index contributed by atoms with van der Waals surface area (Å²) < 4.78 is 0. The number of hydrogen-bond acceptors (Lipinski definition) is 1. The standard InChI is InChI=1S/C10H10ClNO/c1-8(13)12-10-5-3-2-4-9(11)6-7-10/h2-7H,1H3,(H,12,13)/b3-2-,4-2?,5-3?,7-6?,9-4+,9-6?,10-5?,10-7?. The van der Waals surface area contributed by atoms with E-state index in [1.54, 1.807) is 24.3 Å². The van der Waals surface area contributed by atoms with E-state index in [-0.39, 0.29) is 5.91 Å². The van der Waals surface area contributed by atoms with Gasteiger partial charge in [-0.05, 0) is 24.3 Å². The van der Waals surface area contributed by atoms with Crippen molar-refractivity contribution in [1.29, 1.82) is 0 Å². The van der Waals surface area contributed by atoms with Gasteiger partial charge in [0.2, 0.25) is 5.91 Å². The highest BCUT2D eigenvalue weighted by Gasteiger charge is 1.95. The average molecular weight is 196 g/mol. The zero-order valence-electron chi connectivity index (χ0n) is 7.25. The van der Waals surface area contributed by atoms with E-state index < -0.39 is 0 Å². The van der Waals surface area contributed by atoms with E-state index in [0.717, 1.165) is 5.70 Å². The molecular formula is C10H10ClNO. The Morgan fingerprint density at radius 3 is 2.69 bits per heavy atom. The van der Waals surface area contributed by atoms with Crippen LogP contribution in [0.25, 0.3) is 0 Å². The molecule has 2 nitrogen and oxygen atoms in total. The SMILES string of the molecule is CC(=O)NC1=C/C=C\C=C(\Cl)C=C1. The van der Waals surface area contributed by atoms with Crippen molar-refractivity contribution >= 4 is 17.5 Å². The molecule has 0 saturated carbocycles. The second-order valence-electron chi connectivity index (χ2n) is 2.57. The summed E-state index contributed by atoms with van der Waals surface area (Å²) in [6, 6.07) is 0. The van der Waals surface area contributed by atoms with Crippen molar-refractivity contribution in [1.82, 2.24) is 5.32 Å². The number of carbonyl (C=O) groups is 1. The Morgan fingerprint density at radius 2 is 2.00 bits per heavy atom. The maximum Gasteiger partial charge on any atom is 0.221 e. The molecule has 1 rings (SSSR count). The summed E-state index contributed by atoms with van der Waals surface area (Å²) in [5, 5.41) is 3.30. The van der Waals surface area contributed by atoms with Gasteiger partial charge in [-0.15, -0.1) is 0 Å². The monoisotopic (exact) mass is 195 g/mol. The Bertz CT molecular complexity index is 324. The van der Waals surface area contributed by atoms with Gasteiger partial charge in [-0.1, -0.05) is 23.8 Å². The first-order chi connectivity index (χ1) is 6.18. The number of carbonyl (C=O) groups excluding carboxylic acids is 1. The zero-order valence-corrected chi connectivity index (χ0v) is 8.01. The van der Waals surface area contributed by atoms with Crippen molar-refractivity contribution in [3.63, 3.8) is 0 Å². The molecule has 0 saturated heterocycles. The Kier molecular flexibility index (Phi) is 3.53. The van der Waals surface area contributed by atoms with Crippen molar-refractivity contribution < 1.29 is 4.79 Å². The summed E-state index contributed by atoms with van der Waals surface area (Å²) in [5.41, 5.74) is 0.731. The highest BCUT2D eigenvalue weighted by atomic mass is 35.5. The third-order valence-electron chi connectivity index (χ3n) is 1.38. The van der Waals surface area contributed by atoms with Gasteiger partial charge in [0.15, 0.2) is 0 Å². The van der Waals surface area contributed by atoms with Crippen LogP contribution >= 0.6 is 11.6 Å². The predicted octanol–water partition coefficient (Wildman–Crippen LogP) is 2.26. The lowest BCUT2D eigenvalue weighted by Gasteiger charge is -2.02. The van der Waals surface area contributed by atoms with E-state index >= 15 is 0 Å². The van der Waals surface area contributed by atoms with Crippen LogP contribution in [0.15, 0.2) is 47.2 Å². The summed E-state index contributed by atoms with van der Waals surface area (Å²) in [6.07, 6.45) is 10.7. The summed E-state index contributed by atoms with van der Waals surface area (Å²) in [7, 11) is 0. The van der Waals surface area contributed by atoms with Gasteiger partial charge in [0.25, 0.3) is 0 Å². The molecule has 0 aliphatic heterocycles. The van der Waals surface area contributed by atoms with Gasteiger partial charge in [-0.25, -0.2) is 0 Å². The molecule has 0 heterocycles. The Hall–Kier alpha value is -1.28. The maximum atomic E-state index is 10.7. The molecule has 68 valence electrons. The van der Waals surface area contributed by atoms with E-state index in [1.165, 1.54) is 6.92 Å². The lowest BCUT2D eigenvalue weighted by molar-refractivity contribution is -0.118. The van der Waals surface area contributed by atoms with Crippen LogP contribution in [-0.4, -0.2) is 5.91 Å². The normalized spacial score (nSPS) is 22.0. The van der Waals surface area contributed by atoms with Gasteiger partial charge in [0, 0.05) is 17.7 Å². The smallest absolute Gasteiger partial charge is 0.221 e. The molecule has 1 aliphatic carbocycles. The molecule has 0 aromatic heterocycles. The van der Waals surface area contributed by atoms with Gasteiger partial charge in [0.05, 0.1) is 0 Å². The van der Waals surface area contributed by atoms with E-state index in [4.69, 9.17) is 11.6 Å². The first kappa shape index (κ1) is 9.81. The van der Waals surface area contributed by atoms with Crippen LogP contribution in [0.4, 0.5) is 0 Å². The molecule has 0 unspecified atom stereocenters. The van der Waals surface area contributed by atoms with Crippen molar-refractivity contribution in [2.75, 3.05) is 0 Å². The fraction of sp³-hybridized carbons (Fsp3) is 0.100. The summed E-state index contributed by atoms with van der Waals surface area (Å²) in [4.78, 5) is 10.7. The number of rotatable bonds is 1. The summed E-state index contributed by atoms with van der Waals surface area (Å²) >= 11 is 5.78. The largest absolute Gasteiger partial charge is 0.326 e. The second kappa shape index (κ2) is 4.67. The average Bonchev–Trinajstić information content (AvgIpc) is 2.03. The molecule has 0 aromatic rings. The topological polar surface area (TPSA) is 29.1 Å². The molecule has 0 atom stereocenters. The van der Waals surface area contributed by atoms with Crippen LogP contribution in [0.1, 0.15) is 6.92 Å². The molecule has 0 radical (unpaired) electrons. The minimum absolute atomic E-state index is 0.0926. The third kappa shape index (κ3) is 3.76. The third-order valence-corrected chi connectivity index (χ3v) is 1.64. The number of halogens is 1. The molecular weight excluding hydrogens is 186 g/mol. The number of nitrogens with one attached hydrogen (secondary N) is 1. The number of allylic oxidation sites excluding steroid dienone is 7. The fourth-order valence-corrected chi connectivity index (χ4v) is 1.01. The van der Waals surface area contributed by atoms with E-state index in [0.29, 0.717) is 5.03 Å². The highest BCUT2D eigenvalue weighted by molar-refractivity contribution is 6.31. The Morgan fingerprint density at radius 1 is 1.31 bits per heavy atom. The van der Waals surface area contributed by atoms with Gasteiger partial charge < -0.3 is 5.32 Å². The van der Waals surface area contributed by atoms with Crippen LogP contribution in [0, 0.1) is 0 Å². The second-order valence-corrected chi connectivity index (χ2v) is 3.01. The molecule has 0 spiro atoms. The molecule has 13 heavy (non-hydrogen) atoms. The van der Waals surface area contributed by atoms with Gasteiger partial charge >= 0.3 is 0 Å². The van der Waals surface area contributed by atoms with Gasteiger partial charge in [-0.2, -0.15) is 0 Å². The highest BCUT2D eigenvalue weighted by Crippen LogP contribution is 2.08. The minimum Gasteiger partial charge on any atom is -0.326 e. The molecule has 1 N–H and O–H groups in total. The van der Waals surface area contributed by atoms with Crippen LogP contribution in [-0.2, 0) is 4.79 Å². The van der Waals surface area contributed by atoms with Gasteiger partial charge in [-0.3, -0.25) is 4.79 Å². The van der Waals surface area contributed by atoms with Crippen LogP contribution < -0.4 is 5.32 Å². The van der Waals surface area contributed by atoms with Crippen LogP contribution in [0.5, 0.6) is 0 Å². The fourth-order valence-electron chi connectivity index (χ4n) is 0.874. The number of amides is 1. The lowest BCUT2D eigenvalue weighted by atomic mass is 10.2. The van der Waals surface area contributed by atoms with Crippen molar-refractivity contribution in [3.8, 4) is 0 Å². The molecule has 0 bridgehead atoms. The first-order valence-electron chi connectivity index (χ1n) is 3.88. The molecule has 3 heteroatoms. The Balaban J connectivity index is 2.76. The summed E-state index contributed by atoms with van der Waals surface area (Å²) in [5.74, 6) is -0.0926. The van der Waals surface area contributed by atoms with E-state index in [2.05, 4.69) is 5.32 Å².